The number of carboxylic acids is 1. The number of aromatic carboxylic acids is 1. The maximum atomic E-state index is 14.8. The molecule has 2 aromatic rings. The molecular formula is C19H13Cl2F7N2O4S. The van der Waals surface area contributed by atoms with E-state index in [-0.39, 0.29) is 35.3 Å². The molecule has 1 amide bonds. The Morgan fingerprint density at radius 3 is 2.20 bits per heavy atom. The predicted octanol–water partition coefficient (Wildman–Crippen LogP) is 5.43. The van der Waals surface area contributed by atoms with E-state index in [0.717, 1.165) is 4.90 Å². The van der Waals surface area contributed by atoms with Crippen molar-refractivity contribution >= 4 is 46.4 Å². The molecule has 35 heavy (non-hydrogen) atoms. The van der Waals surface area contributed by atoms with E-state index in [4.69, 9.17) is 28.3 Å². The lowest BCUT2D eigenvalue weighted by molar-refractivity contribution is -0.376. The van der Waals surface area contributed by atoms with E-state index in [1.165, 1.54) is 5.38 Å². The molecule has 16 heteroatoms. The first kappa shape index (κ1) is 27.4. The van der Waals surface area contributed by atoms with Gasteiger partial charge in [0.05, 0.1) is 10.0 Å². The van der Waals surface area contributed by atoms with Crippen LogP contribution in [-0.2, 0) is 5.60 Å². The van der Waals surface area contributed by atoms with E-state index < -0.39 is 64.1 Å². The fourth-order valence-electron chi connectivity index (χ4n) is 3.63. The molecule has 1 aliphatic rings. The van der Waals surface area contributed by atoms with Crippen LogP contribution in [0.3, 0.4) is 0 Å². The third-order valence-corrected chi connectivity index (χ3v) is 7.17. The molecule has 1 aromatic heterocycles. The van der Waals surface area contributed by atoms with Crippen molar-refractivity contribution in [3.63, 3.8) is 0 Å². The lowest BCUT2D eigenvalue weighted by Gasteiger charge is -2.37. The molecule has 2 heterocycles. The van der Waals surface area contributed by atoms with Crippen molar-refractivity contribution in [3.8, 4) is 0 Å². The second-order valence-electron chi connectivity index (χ2n) is 7.54. The number of halogens is 9. The Balaban J connectivity index is 1.97. The van der Waals surface area contributed by atoms with Gasteiger partial charge in [0.25, 0.3) is 11.5 Å². The quantitative estimate of drug-likeness (QED) is 0.480. The molecule has 0 spiro atoms. The van der Waals surface area contributed by atoms with Crippen LogP contribution in [0.1, 0.15) is 43.8 Å². The predicted molar refractivity (Wildman–Crippen MR) is 110 cm³/mol. The van der Waals surface area contributed by atoms with Crippen molar-refractivity contribution < 1.29 is 50.5 Å². The third kappa shape index (κ3) is 4.80. The van der Waals surface area contributed by atoms with Gasteiger partial charge in [0.1, 0.15) is 11.9 Å². The maximum Gasteiger partial charge on any atom is 0.430 e. The van der Waals surface area contributed by atoms with Gasteiger partial charge < -0.3 is 15.1 Å². The molecule has 6 nitrogen and oxygen atoms in total. The molecule has 2 atom stereocenters. The van der Waals surface area contributed by atoms with Gasteiger partial charge in [-0.15, -0.1) is 11.3 Å². The van der Waals surface area contributed by atoms with Gasteiger partial charge in [-0.25, -0.2) is 14.2 Å². The Bertz CT molecular complexity index is 1140. The number of alkyl halides is 7. The number of amides is 1. The van der Waals surface area contributed by atoms with E-state index in [1.807, 2.05) is 0 Å². The fourth-order valence-corrected chi connectivity index (χ4v) is 4.87. The molecule has 2 N–H and O–H groups in total. The molecule has 1 fully saturated rings. The average molecular weight is 569 g/mol. The van der Waals surface area contributed by atoms with E-state index >= 15 is 0 Å². The number of piperidine rings is 1. The second-order valence-corrected chi connectivity index (χ2v) is 9.16. The summed E-state index contributed by atoms with van der Waals surface area (Å²) in [5.74, 6) is -3.42. The molecule has 1 aliphatic heterocycles. The van der Waals surface area contributed by atoms with Crippen molar-refractivity contribution in [1.82, 2.24) is 9.88 Å². The van der Waals surface area contributed by atoms with E-state index in [0.29, 0.717) is 17.4 Å². The van der Waals surface area contributed by atoms with Crippen molar-refractivity contribution in [1.29, 1.82) is 0 Å². The lowest BCUT2D eigenvalue weighted by atomic mass is 9.85. The molecule has 0 radical (unpaired) electrons. The highest BCUT2D eigenvalue weighted by atomic mass is 35.5. The van der Waals surface area contributed by atoms with Crippen molar-refractivity contribution in [3.05, 3.63) is 49.4 Å². The van der Waals surface area contributed by atoms with Gasteiger partial charge in [-0.3, -0.25) is 4.79 Å². The zero-order valence-corrected chi connectivity index (χ0v) is 19.3. The number of carboxylic acid groups (broad SMARTS) is 1. The van der Waals surface area contributed by atoms with Gasteiger partial charge in [0, 0.05) is 30.0 Å². The Morgan fingerprint density at radius 2 is 1.69 bits per heavy atom. The molecule has 192 valence electrons. The molecule has 0 aliphatic carbocycles. The maximum absolute atomic E-state index is 14.8. The van der Waals surface area contributed by atoms with E-state index in [1.54, 1.807) is 0 Å². The SMILES string of the molecule is O=C(O)c1nc(C(=O)N2CCC(F)C(c3ccc(C(O)(C(F)(F)F)C(F)(F)F)c(Cl)c3Cl)C2)cs1. The number of thiazole rings is 1. The summed E-state index contributed by atoms with van der Waals surface area (Å²) in [6, 6.07) is 0.945. The minimum absolute atomic E-state index is 0.123. The molecule has 0 saturated carbocycles. The van der Waals surface area contributed by atoms with Crippen LogP contribution >= 0.6 is 34.5 Å². The summed E-state index contributed by atoms with van der Waals surface area (Å²) in [6.45, 7) is -0.528. The highest BCUT2D eigenvalue weighted by molar-refractivity contribution is 7.11. The minimum atomic E-state index is -6.21. The van der Waals surface area contributed by atoms with Crippen LogP contribution in [0.5, 0.6) is 0 Å². The summed E-state index contributed by atoms with van der Waals surface area (Å²) < 4.78 is 94.3. The number of nitrogens with zero attached hydrogens (tertiary/aromatic N) is 2. The van der Waals surface area contributed by atoms with Crippen LogP contribution in [0.2, 0.25) is 10.0 Å². The molecule has 2 unspecified atom stereocenters. The number of hydrogen-bond donors (Lipinski definition) is 2. The third-order valence-electron chi connectivity index (χ3n) is 5.44. The van der Waals surface area contributed by atoms with Crippen molar-refractivity contribution in [2.45, 2.75) is 36.5 Å². The fraction of sp³-hybridized carbons (Fsp3) is 0.421. The molecule has 1 saturated heterocycles. The summed E-state index contributed by atoms with van der Waals surface area (Å²) in [7, 11) is 0. The lowest BCUT2D eigenvalue weighted by Crippen LogP contribution is -2.54. The highest BCUT2D eigenvalue weighted by Gasteiger charge is 2.72. The molecule has 3 rings (SSSR count). The Kier molecular flexibility index (Phi) is 7.35. The summed E-state index contributed by atoms with van der Waals surface area (Å²) in [6.07, 6.45) is -14.4. The second kappa shape index (κ2) is 9.37. The van der Waals surface area contributed by atoms with E-state index in [2.05, 4.69) is 4.98 Å². The number of carbonyl (C=O) groups is 2. The smallest absolute Gasteiger partial charge is 0.430 e. The van der Waals surface area contributed by atoms with Crippen LogP contribution in [0.25, 0.3) is 0 Å². The first-order chi connectivity index (χ1) is 16.0. The Morgan fingerprint density at radius 1 is 1.09 bits per heavy atom. The standard InChI is InChI=1S/C19H13Cl2F7N2O4S/c20-12-7(1-2-9(13(12)21)17(34,18(23,24)25)19(26,27)28)8-5-30(4-3-10(8)22)15(31)11-6-35-14(29-11)16(32)33/h1-2,6,8,10,34H,3-5H2,(H,32,33). The van der Waals surface area contributed by atoms with Gasteiger partial charge >= 0.3 is 18.3 Å². The largest absolute Gasteiger partial charge is 0.476 e. The average Bonchev–Trinajstić information content (AvgIpc) is 3.24. The number of aliphatic hydroxyl groups is 1. The number of carbonyl (C=O) groups excluding carboxylic acids is 1. The zero-order chi connectivity index (χ0) is 26.5. The highest BCUT2D eigenvalue weighted by Crippen LogP contribution is 2.53. The van der Waals surface area contributed by atoms with E-state index in [9.17, 15) is 45.4 Å². The molecular weight excluding hydrogens is 556 g/mol. The number of aromatic nitrogens is 1. The summed E-state index contributed by atoms with van der Waals surface area (Å²) in [5, 5.41) is 17.3. The van der Waals surface area contributed by atoms with Gasteiger partial charge in [0.2, 0.25) is 5.01 Å². The first-order valence-electron chi connectivity index (χ1n) is 9.47. The summed E-state index contributed by atoms with van der Waals surface area (Å²) in [5.41, 5.74) is -7.63. The molecule has 1 aromatic carbocycles. The summed E-state index contributed by atoms with van der Waals surface area (Å²) >= 11 is 12.4. The van der Waals surface area contributed by atoms with Crippen LogP contribution < -0.4 is 0 Å². The van der Waals surface area contributed by atoms with Crippen LogP contribution in [-0.4, -0.2) is 63.6 Å². The number of benzene rings is 1. The number of rotatable bonds is 4. The van der Waals surface area contributed by atoms with Crippen molar-refractivity contribution in [2.24, 2.45) is 0 Å². The number of hydrogen-bond acceptors (Lipinski definition) is 5. The van der Waals surface area contributed by atoms with Crippen molar-refractivity contribution in [2.75, 3.05) is 13.1 Å². The molecule has 0 bridgehead atoms. The summed E-state index contributed by atoms with van der Waals surface area (Å²) in [4.78, 5) is 28.4. The first-order valence-corrected chi connectivity index (χ1v) is 11.1. The van der Waals surface area contributed by atoms with Gasteiger partial charge in [-0.2, -0.15) is 26.3 Å². The van der Waals surface area contributed by atoms with Crippen LogP contribution in [0, 0.1) is 0 Å². The zero-order valence-electron chi connectivity index (χ0n) is 16.9. The van der Waals surface area contributed by atoms with Gasteiger partial charge in [-0.1, -0.05) is 35.3 Å². The normalized spacial score (nSPS) is 19.7. The Hall–Kier alpha value is -2.16. The van der Waals surface area contributed by atoms with Gasteiger partial charge in [0.15, 0.2) is 0 Å². The minimum Gasteiger partial charge on any atom is -0.476 e. The van der Waals surface area contributed by atoms with Crippen LogP contribution in [0.15, 0.2) is 17.5 Å². The van der Waals surface area contributed by atoms with Gasteiger partial charge in [-0.05, 0) is 12.0 Å². The number of likely N-dealkylation sites (tertiary alicyclic amines) is 1. The van der Waals surface area contributed by atoms with Crippen LogP contribution in [0.4, 0.5) is 30.7 Å². The monoisotopic (exact) mass is 568 g/mol. The Labute approximate surface area is 205 Å². The topological polar surface area (TPSA) is 90.7 Å².